The number of nitrogens with zero attached hydrogens (tertiary/aromatic N) is 1. The number of sulfonamides is 1. The summed E-state index contributed by atoms with van der Waals surface area (Å²) in [5.41, 5.74) is 1.04. The molecule has 0 aliphatic heterocycles. The number of aromatic nitrogens is 1. The van der Waals surface area contributed by atoms with Crippen molar-refractivity contribution in [2.45, 2.75) is 51.5 Å². The molecular weight excluding hydrogens is 354 g/mol. The topological polar surface area (TPSA) is 101 Å². The lowest BCUT2D eigenvalue weighted by Crippen LogP contribution is -2.47. The number of rotatable bonds is 7. The summed E-state index contributed by atoms with van der Waals surface area (Å²) >= 11 is 0. The molecule has 2 aromatic rings. The highest BCUT2D eigenvalue weighted by Gasteiger charge is 2.29. The molecule has 0 fully saturated rings. The van der Waals surface area contributed by atoms with Crippen LogP contribution in [0.2, 0.25) is 0 Å². The highest BCUT2D eigenvalue weighted by molar-refractivity contribution is 7.89. The zero-order chi connectivity index (χ0) is 19.5. The summed E-state index contributed by atoms with van der Waals surface area (Å²) in [7, 11) is -3.83. The molecule has 8 heteroatoms. The van der Waals surface area contributed by atoms with Gasteiger partial charge in [-0.2, -0.15) is 4.72 Å². The first kappa shape index (κ1) is 20.1. The van der Waals surface area contributed by atoms with Gasteiger partial charge in [0.15, 0.2) is 5.82 Å². The van der Waals surface area contributed by atoms with Crippen LogP contribution in [0.25, 0.3) is 0 Å². The van der Waals surface area contributed by atoms with E-state index >= 15 is 0 Å². The number of hydrogen-bond acceptors (Lipinski definition) is 5. The van der Waals surface area contributed by atoms with Crippen LogP contribution in [0.3, 0.4) is 0 Å². The minimum absolute atomic E-state index is 0.123. The molecule has 0 radical (unpaired) electrons. The standard InChI is InChI=1S/C18H25N3O4S/c1-11(2)14-6-8-15(9-7-14)26(23,24)21-17(12(3)4)18(22)19-16-10-13(5)25-20-16/h6-12,17,21H,1-5H3,(H,19,20,22)/t17-/m0/s1. The lowest BCUT2D eigenvalue weighted by molar-refractivity contribution is -0.118. The van der Waals surface area contributed by atoms with Gasteiger partial charge in [-0.3, -0.25) is 4.79 Å². The van der Waals surface area contributed by atoms with Gasteiger partial charge in [-0.05, 0) is 36.5 Å². The predicted octanol–water partition coefficient (Wildman–Crippen LogP) is 3.05. The Hall–Kier alpha value is -2.19. The molecule has 26 heavy (non-hydrogen) atoms. The third-order valence-corrected chi connectivity index (χ3v) is 5.42. The van der Waals surface area contributed by atoms with E-state index in [1.807, 2.05) is 13.8 Å². The number of aryl methyl sites for hydroxylation is 1. The Kier molecular flexibility index (Phi) is 6.20. The van der Waals surface area contributed by atoms with E-state index in [2.05, 4.69) is 15.2 Å². The fourth-order valence-corrected chi connectivity index (χ4v) is 3.73. The number of anilines is 1. The molecule has 2 N–H and O–H groups in total. The normalized spacial score (nSPS) is 13.2. The van der Waals surface area contributed by atoms with Crippen molar-refractivity contribution in [2.24, 2.45) is 5.92 Å². The number of hydrogen-bond donors (Lipinski definition) is 2. The Balaban J connectivity index is 2.18. The maximum Gasteiger partial charge on any atom is 0.244 e. The molecule has 7 nitrogen and oxygen atoms in total. The summed E-state index contributed by atoms with van der Waals surface area (Å²) in [4.78, 5) is 12.6. The highest BCUT2D eigenvalue weighted by atomic mass is 32.2. The number of benzene rings is 1. The highest BCUT2D eigenvalue weighted by Crippen LogP contribution is 2.18. The van der Waals surface area contributed by atoms with Crippen molar-refractivity contribution in [3.8, 4) is 0 Å². The van der Waals surface area contributed by atoms with Crippen molar-refractivity contribution in [1.29, 1.82) is 0 Å². The molecule has 2 rings (SSSR count). The van der Waals surface area contributed by atoms with Gasteiger partial charge in [-0.25, -0.2) is 8.42 Å². The third kappa shape index (κ3) is 4.92. The van der Waals surface area contributed by atoms with Gasteiger partial charge in [0.25, 0.3) is 0 Å². The monoisotopic (exact) mass is 379 g/mol. The van der Waals surface area contributed by atoms with E-state index in [1.54, 1.807) is 51.1 Å². The Morgan fingerprint density at radius 2 is 1.73 bits per heavy atom. The first-order valence-corrected chi connectivity index (χ1v) is 9.95. The largest absolute Gasteiger partial charge is 0.360 e. The average Bonchev–Trinajstić information content (AvgIpc) is 2.97. The van der Waals surface area contributed by atoms with E-state index in [0.29, 0.717) is 11.7 Å². The molecule has 0 spiro atoms. The fourth-order valence-electron chi connectivity index (χ4n) is 2.39. The van der Waals surface area contributed by atoms with Crippen molar-refractivity contribution < 1.29 is 17.7 Å². The summed E-state index contributed by atoms with van der Waals surface area (Å²) < 4.78 is 32.7. The number of nitrogens with one attached hydrogen (secondary N) is 2. The molecule has 0 saturated heterocycles. The molecule has 1 aromatic heterocycles. The Morgan fingerprint density at radius 1 is 1.12 bits per heavy atom. The second-order valence-electron chi connectivity index (χ2n) is 6.88. The maximum absolute atomic E-state index is 12.7. The number of amides is 1. The molecular formula is C18H25N3O4S. The quantitative estimate of drug-likeness (QED) is 0.770. The van der Waals surface area contributed by atoms with Crippen LogP contribution < -0.4 is 10.0 Å². The van der Waals surface area contributed by atoms with Gasteiger partial charge < -0.3 is 9.84 Å². The Bertz CT molecular complexity index is 855. The molecule has 1 aromatic carbocycles. The summed E-state index contributed by atoms with van der Waals surface area (Å²) in [6, 6.07) is 7.28. The minimum Gasteiger partial charge on any atom is -0.360 e. The van der Waals surface area contributed by atoms with Gasteiger partial charge in [0.1, 0.15) is 11.8 Å². The molecule has 0 aliphatic carbocycles. The van der Waals surface area contributed by atoms with Gasteiger partial charge in [-0.15, -0.1) is 0 Å². The number of carbonyl (C=O) groups excluding carboxylic acids is 1. The van der Waals surface area contributed by atoms with Crippen LogP contribution in [0.5, 0.6) is 0 Å². The van der Waals surface area contributed by atoms with Crippen LogP contribution in [0, 0.1) is 12.8 Å². The van der Waals surface area contributed by atoms with Crippen molar-refractivity contribution in [3.63, 3.8) is 0 Å². The second kappa shape index (κ2) is 8.01. The Morgan fingerprint density at radius 3 is 2.19 bits per heavy atom. The lowest BCUT2D eigenvalue weighted by atomic mass is 10.0. The molecule has 0 aliphatic rings. The smallest absolute Gasteiger partial charge is 0.244 e. The van der Waals surface area contributed by atoms with Gasteiger partial charge in [-0.1, -0.05) is 45.0 Å². The molecule has 1 atom stereocenters. The third-order valence-electron chi connectivity index (χ3n) is 3.97. The van der Waals surface area contributed by atoms with Gasteiger partial charge in [0, 0.05) is 6.07 Å². The Labute approximate surface area is 154 Å². The van der Waals surface area contributed by atoms with Crippen LogP contribution in [-0.4, -0.2) is 25.5 Å². The van der Waals surface area contributed by atoms with Crippen molar-refractivity contribution >= 4 is 21.7 Å². The van der Waals surface area contributed by atoms with Crippen LogP contribution in [0.1, 0.15) is 44.9 Å². The molecule has 0 saturated carbocycles. The van der Waals surface area contributed by atoms with E-state index in [0.717, 1.165) is 5.56 Å². The van der Waals surface area contributed by atoms with Crippen LogP contribution in [0.15, 0.2) is 39.8 Å². The summed E-state index contributed by atoms with van der Waals surface area (Å²) in [5.74, 6) is 0.356. The summed E-state index contributed by atoms with van der Waals surface area (Å²) in [6.45, 7) is 9.30. The predicted molar refractivity (Wildman–Crippen MR) is 99.3 cm³/mol. The van der Waals surface area contributed by atoms with E-state index in [1.165, 1.54) is 0 Å². The molecule has 0 bridgehead atoms. The van der Waals surface area contributed by atoms with Gasteiger partial charge in [0.05, 0.1) is 4.90 Å². The van der Waals surface area contributed by atoms with Crippen LogP contribution in [0.4, 0.5) is 5.82 Å². The van der Waals surface area contributed by atoms with E-state index in [-0.39, 0.29) is 16.6 Å². The average molecular weight is 379 g/mol. The molecule has 0 unspecified atom stereocenters. The lowest BCUT2D eigenvalue weighted by Gasteiger charge is -2.21. The van der Waals surface area contributed by atoms with Gasteiger partial charge >= 0.3 is 0 Å². The number of carbonyl (C=O) groups is 1. The van der Waals surface area contributed by atoms with Crippen molar-refractivity contribution in [3.05, 3.63) is 41.7 Å². The van der Waals surface area contributed by atoms with E-state index < -0.39 is 22.0 Å². The zero-order valence-electron chi connectivity index (χ0n) is 15.6. The zero-order valence-corrected chi connectivity index (χ0v) is 16.4. The van der Waals surface area contributed by atoms with E-state index in [9.17, 15) is 13.2 Å². The fraction of sp³-hybridized carbons (Fsp3) is 0.444. The van der Waals surface area contributed by atoms with Crippen LogP contribution in [-0.2, 0) is 14.8 Å². The van der Waals surface area contributed by atoms with Crippen molar-refractivity contribution in [2.75, 3.05) is 5.32 Å². The summed E-state index contributed by atoms with van der Waals surface area (Å²) in [5, 5.41) is 6.27. The maximum atomic E-state index is 12.7. The first-order valence-electron chi connectivity index (χ1n) is 8.46. The molecule has 1 amide bonds. The van der Waals surface area contributed by atoms with E-state index in [4.69, 9.17) is 4.52 Å². The molecule has 142 valence electrons. The second-order valence-corrected chi connectivity index (χ2v) is 8.59. The van der Waals surface area contributed by atoms with Crippen molar-refractivity contribution in [1.82, 2.24) is 9.88 Å². The summed E-state index contributed by atoms with van der Waals surface area (Å²) in [6.07, 6.45) is 0. The van der Waals surface area contributed by atoms with Crippen LogP contribution >= 0.6 is 0 Å². The van der Waals surface area contributed by atoms with Gasteiger partial charge in [0.2, 0.25) is 15.9 Å². The SMILES string of the molecule is Cc1cc(NC(=O)[C@@H](NS(=O)(=O)c2ccc(C(C)C)cc2)C(C)C)no1. The molecule has 1 heterocycles. The first-order chi connectivity index (χ1) is 12.1. The minimum atomic E-state index is -3.83.